The molecule has 1 aromatic carbocycles. The zero-order valence-electron chi connectivity index (χ0n) is 18.1. The lowest BCUT2D eigenvalue weighted by Crippen LogP contribution is -2.38. The number of aryl methyl sites for hydroxylation is 2. The average Bonchev–Trinajstić information content (AvgIpc) is 3.04. The first-order chi connectivity index (χ1) is 14.9. The van der Waals surface area contributed by atoms with Gasteiger partial charge in [0, 0.05) is 30.5 Å². The van der Waals surface area contributed by atoms with E-state index in [0.29, 0.717) is 29.8 Å². The molecule has 8 nitrogen and oxygen atoms in total. The first-order valence-corrected chi connectivity index (χ1v) is 10.3. The predicted octanol–water partition coefficient (Wildman–Crippen LogP) is 2.73. The highest BCUT2D eigenvalue weighted by Gasteiger charge is 2.30. The van der Waals surface area contributed by atoms with Crippen LogP contribution in [0.5, 0.6) is 0 Å². The Morgan fingerprint density at radius 3 is 2.61 bits per heavy atom. The van der Waals surface area contributed by atoms with E-state index in [1.54, 1.807) is 0 Å². The van der Waals surface area contributed by atoms with Crippen LogP contribution in [0.4, 0.5) is 5.82 Å². The number of carbonyl (C=O) groups is 1. The number of aliphatic hydroxyl groups is 1. The van der Waals surface area contributed by atoms with Crippen LogP contribution in [-0.2, 0) is 17.8 Å². The molecule has 0 radical (unpaired) electrons. The third-order valence-corrected chi connectivity index (χ3v) is 5.13. The van der Waals surface area contributed by atoms with Crippen molar-refractivity contribution >= 4 is 22.8 Å². The predicted molar refractivity (Wildman–Crippen MR) is 121 cm³/mol. The van der Waals surface area contributed by atoms with E-state index in [4.69, 9.17) is 12.3 Å². The Kier molecular flexibility index (Phi) is 6.88. The minimum atomic E-state index is -0.891. The second-order valence-electron chi connectivity index (χ2n) is 7.89. The van der Waals surface area contributed by atoms with Crippen LogP contribution in [-0.4, -0.2) is 44.2 Å². The van der Waals surface area contributed by atoms with Crippen molar-refractivity contribution < 1.29 is 9.90 Å². The zero-order valence-corrected chi connectivity index (χ0v) is 18.1. The van der Waals surface area contributed by atoms with Gasteiger partial charge in [0.2, 0.25) is 0 Å². The Balaban J connectivity index is 2.24. The molecule has 4 N–H and O–H groups in total. The Morgan fingerprint density at radius 2 is 2.00 bits per heavy atom. The largest absolute Gasteiger partial charge is 0.396 e. The van der Waals surface area contributed by atoms with Crippen LogP contribution in [0.1, 0.15) is 31.5 Å². The number of carbonyl (C=O) groups excluding carboxylic acids is 1. The fourth-order valence-electron chi connectivity index (χ4n) is 3.71. The second kappa shape index (κ2) is 9.58. The van der Waals surface area contributed by atoms with Gasteiger partial charge in [-0.15, -0.1) is 0 Å². The quantitative estimate of drug-likeness (QED) is 0.485. The molecule has 0 saturated heterocycles. The number of nitrogens with one attached hydrogen (secondary N) is 1. The lowest BCUT2D eigenvalue weighted by atomic mass is 9.98. The second-order valence-corrected chi connectivity index (χ2v) is 7.89. The van der Waals surface area contributed by atoms with Gasteiger partial charge in [-0.2, -0.15) is 0 Å². The highest BCUT2D eigenvalue weighted by atomic mass is 16.3. The standard InChI is InChI=1S/C23H28N6O2/c1-14(2)28-23(31)17(25-4)12-18-19(16-8-6-15(3)7-9-16)20-21(24)26-13-27-22(20)29(18)10-5-11-30/h6-9,13-14,17,30H,5,10-12H2,1-3H3,(H,28,31)(H2,24,26,27). The molecular formula is C23H28N6O2. The van der Waals surface area contributed by atoms with Crippen molar-refractivity contribution in [1.29, 1.82) is 0 Å². The maximum Gasteiger partial charge on any atom is 0.305 e. The van der Waals surface area contributed by atoms with Crippen molar-refractivity contribution in [3.8, 4) is 11.1 Å². The first kappa shape index (κ1) is 22.2. The Bertz CT molecular complexity index is 1110. The van der Waals surface area contributed by atoms with Crippen LogP contribution < -0.4 is 11.1 Å². The maximum atomic E-state index is 12.7. The number of hydrogen-bond donors (Lipinski definition) is 3. The number of fused-ring (bicyclic) bond motifs is 1. The Labute approximate surface area is 181 Å². The molecule has 0 aliphatic heterocycles. The van der Waals surface area contributed by atoms with Gasteiger partial charge in [0.15, 0.2) is 0 Å². The van der Waals surface area contributed by atoms with Crippen molar-refractivity contribution in [3.05, 3.63) is 53.3 Å². The van der Waals surface area contributed by atoms with Gasteiger partial charge < -0.3 is 25.6 Å². The number of nitrogen functional groups attached to an aromatic ring is 1. The molecule has 0 aliphatic carbocycles. The number of benzene rings is 1. The third kappa shape index (κ3) is 4.67. The molecule has 31 heavy (non-hydrogen) atoms. The highest BCUT2D eigenvalue weighted by molar-refractivity contribution is 6.02. The van der Waals surface area contributed by atoms with Crippen molar-refractivity contribution in [2.24, 2.45) is 0 Å². The summed E-state index contributed by atoms with van der Waals surface area (Å²) < 4.78 is 1.96. The van der Waals surface area contributed by atoms with E-state index in [9.17, 15) is 9.90 Å². The fraction of sp³-hybridized carbons (Fsp3) is 0.391. The van der Waals surface area contributed by atoms with Gasteiger partial charge in [-0.3, -0.25) is 4.79 Å². The summed E-state index contributed by atoms with van der Waals surface area (Å²) >= 11 is 0. The summed E-state index contributed by atoms with van der Waals surface area (Å²) in [6, 6.07) is 7.06. The molecule has 0 saturated carbocycles. The van der Waals surface area contributed by atoms with E-state index in [0.717, 1.165) is 22.4 Å². The van der Waals surface area contributed by atoms with Crippen molar-refractivity contribution in [2.75, 3.05) is 12.3 Å². The molecule has 0 aliphatic rings. The Morgan fingerprint density at radius 1 is 1.29 bits per heavy atom. The van der Waals surface area contributed by atoms with Gasteiger partial charge in [0.25, 0.3) is 0 Å². The van der Waals surface area contributed by atoms with Crippen molar-refractivity contribution in [3.63, 3.8) is 0 Å². The topological polar surface area (TPSA) is 110 Å². The molecular weight excluding hydrogens is 392 g/mol. The van der Waals surface area contributed by atoms with Crippen LogP contribution in [0.25, 0.3) is 27.0 Å². The number of nitrogens with two attached hydrogens (primary N) is 1. The number of hydrogen-bond acceptors (Lipinski definition) is 5. The number of aromatic nitrogens is 3. The van der Waals surface area contributed by atoms with Crippen molar-refractivity contribution in [1.82, 2.24) is 19.9 Å². The Hall–Kier alpha value is -3.44. The molecule has 1 atom stereocenters. The molecule has 1 amide bonds. The summed E-state index contributed by atoms with van der Waals surface area (Å²) in [5.74, 6) is 0.0356. The minimum absolute atomic E-state index is 0.0135. The van der Waals surface area contributed by atoms with E-state index in [1.807, 2.05) is 49.6 Å². The molecule has 2 aromatic heterocycles. The van der Waals surface area contributed by atoms with Gasteiger partial charge in [-0.25, -0.2) is 16.5 Å². The fourth-order valence-corrected chi connectivity index (χ4v) is 3.71. The summed E-state index contributed by atoms with van der Waals surface area (Å²) in [6.45, 7) is 13.9. The molecule has 8 heteroatoms. The zero-order chi connectivity index (χ0) is 22.5. The van der Waals surface area contributed by atoms with E-state index < -0.39 is 6.04 Å². The van der Waals surface area contributed by atoms with Crippen LogP contribution in [0.15, 0.2) is 30.6 Å². The van der Waals surface area contributed by atoms with Crippen molar-refractivity contribution in [2.45, 2.75) is 52.2 Å². The summed E-state index contributed by atoms with van der Waals surface area (Å²) in [7, 11) is 0. The number of nitrogens with zero attached hydrogens (tertiary/aromatic N) is 4. The maximum absolute atomic E-state index is 12.7. The highest BCUT2D eigenvalue weighted by Crippen LogP contribution is 2.37. The van der Waals surface area contributed by atoms with Gasteiger partial charge in [0.1, 0.15) is 17.8 Å². The molecule has 3 rings (SSSR count). The molecule has 1 unspecified atom stereocenters. The molecule has 0 spiro atoms. The monoisotopic (exact) mass is 420 g/mol. The van der Waals surface area contributed by atoms with Crippen LogP contribution >= 0.6 is 0 Å². The van der Waals surface area contributed by atoms with Gasteiger partial charge in [-0.05, 0) is 32.8 Å². The van der Waals surface area contributed by atoms with E-state index in [-0.39, 0.29) is 25.0 Å². The number of amides is 1. The van der Waals surface area contributed by atoms with Gasteiger partial charge in [-0.1, -0.05) is 29.8 Å². The minimum Gasteiger partial charge on any atom is -0.396 e. The summed E-state index contributed by atoms with van der Waals surface area (Å²) in [4.78, 5) is 24.9. The van der Waals surface area contributed by atoms with Crippen LogP contribution in [0.2, 0.25) is 0 Å². The lowest BCUT2D eigenvalue weighted by Gasteiger charge is -2.14. The van der Waals surface area contributed by atoms with E-state index in [2.05, 4.69) is 20.1 Å². The molecule has 3 aromatic rings. The number of aliphatic hydroxyl groups excluding tert-OH is 1. The number of rotatable bonds is 8. The first-order valence-electron chi connectivity index (χ1n) is 10.3. The normalized spacial score (nSPS) is 12.1. The number of anilines is 1. The lowest BCUT2D eigenvalue weighted by molar-refractivity contribution is -0.122. The van der Waals surface area contributed by atoms with Crippen LogP contribution in [0.3, 0.4) is 0 Å². The van der Waals surface area contributed by atoms with Crippen LogP contribution in [0, 0.1) is 13.5 Å². The van der Waals surface area contributed by atoms with Gasteiger partial charge >= 0.3 is 11.9 Å². The molecule has 0 fully saturated rings. The summed E-state index contributed by atoms with van der Waals surface area (Å²) in [6.07, 6.45) is 2.12. The molecule has 162 valence electrons. The average molecular weight is 421 g/mol. The summed E-state index contributed by atoms with van der Waals surface area (Å²) in [5.41, 5.74) is 10.6. The molecule has 0 bridgehead atoms. The third-order valence-electron chi connectivity index (χ3n) is 5.13. The molecule has 2 heterocycles. The smallest absolute Gasteiger partial charge is 0.305 e. The SMILES string of the molecule is [C-]#[N+]C(Cc1c(-c2ccc(C)cc2)c2c(N)ncnc2n1CCCO)C(=O)NC(C)C. The summed E-state index contributed by atoms with van der Waals surface area (Å²) in [5, 5.41) is 13.0. The van der Waals surface area contributed by atoms with E-state index in [1.165, 1.54) is 6.33 Å². The van der Waals surface area contributed by atoms with Gasteiger partial charge in [0.05, 0.1) is 11.8 Å². The van der Waals surface area contributed by atoms with E-state index >= 15 is 0 Å².